The zero-order valence-electron chi connectivity index (χ0n) is 16.2. The van der Waals surface area contributed by atoms with Gasteiger partial charge in [-0.1, -0.05) is 29.3 Å². The van der Waals surface area contributed by atoms with E-state index in [9.17, 15) is 14.7 Å². The molecule has 2 saturated heterocycles. The molecule has 1 saturated carbocycles. The van der Waals surface area contributed by atoms with Crippen molar-refractivity contribution in [2.24, 2.45) is 11.8 Å². The number of piperidine rings is 1. The summed E-state index contributed by atoms with van der Waals surface area (Å²) in [6.07, 6.45) is 3.96. The summed E-state index contributed by atoms with van der Waals surface area (Å²) in [4.78, 5) is 26.7. The molecule has 2 heterocycles. The van der Waals surface area contributed by atoms with Crippen LogP contribution in [-0.2, 0) is 19.7 Å². The van der Waals surface area contributed by atoms with Gasteiger partial charge in [0, 0.05) is 19.7 Å². The van der Waals surface area contributed by atoms with Crippen LogP contribution < -0.4 is 0 Å². The first-order valence-corrected chi connectivity index (χ1v) is 10.1. The van der Waals surface area contributed by atoms with Gasteiger partial charge in [-0.25, -0.2) is 0 Å². The summed E-state index contributed by atoms with van der Waals surface area (Å²) in [6.45, 7) is 6.13. The quantitative estimate of drug-likeness (QED) is 0.883. The second-order valence-electron chi connectivity index (χ2n) is 8.66. The van der Waals surface area contributed by atoms with E-state index in [4.69, 9.17) is 4.74 Å². The van der Waals surface area contributed by atoms with Gasteiger partial charge in [0.05, 0.1) is 17.4 Å². The molecular formula is C22H29NO4. The Bertz CT molecular complexity index is 726. The van der Waals surface area contributed by atoms with Gasteiger partial charge in [-0.05, 0) is 57.4 Å². The Balaban J connectivity index is 1.42. The molecule has 0 spiro atoms. The monoisotopic (exact) mass is 371 g/mol. The molecule has 1 amide bonds. The van der Waals surface area contributed by atoms with E-state index in [2.05, 4.69) is 32.0 Å². The number of amides is 1. The minimum atomic E-state index is -0.747. The number of carbonyl (C=O) groups is 2. The highest BCUT2D eigenvalue weighted by Gasteiger charge is 2.53. The molecule has 3 fully saturated rings. The molecule has 0 radical (unpaired) electrons. The van der Waals surface area contributed by atoms with Crippen LogP contribution in [0.15, 0.2) is 18.2 Å². The summed E-state index contributed by atoms with van der Waals surface area (Å²) >= 11 is 0. The molecule has 0 aromatic heterocycles. The van der Waals surface area contributed by atoms with E-state index in [-0.39, 0.29) is 29.3 Å². The number of aliphatic carboxylic acids is 1. The summed E-state index contributed by atoms with van der Waals surface area (Å²) in [5.41, 5.74) is 3.26. The predicted octanol–water partition coefficient (Wildman–Crippen LogP) is 3.06. The molecule has 3 aliphatic rings. The maximum absolute atomic E-state index is 13.3. The summed E-state index contributed by atoms with van der Waals surface area (Å²) in [7, 11) is 0. The molecule has 1 aromatic carbocycles. The Labute approximate surface area is 160 Å². The van der Waals surface area contributed by atoms with Gasteiger partial charge >= 0.3 is 5.97 Å². The van der Waals surface area contributed by atoms with Crippen molar-refractivity contribution in [3.05, 3.63) is 34.9 Å². The molecule has 27 heavy (non-hydrogen) atoms. The summed E-state index contributed by atoms with van der Waals surface area (Å²) < 4.78 is 5.75. The van der Waals surface area contributed by atoms with Crippen molar-refractivity contribution >= 4 is 11.9 Å². The zero-order chi connectivity index (χ0) is 19.2. The topological polar surface area (TPSA) is 66.8 Å². The van der Waals surface area contributed by atoms with Gasteiger partial charge < -0.3 is 14.7 Å². The molecule has 1 aliphatic carbocycles. The average molecular weight is 371 g/mol. The third-order valence-electron chi connectivity index (χ3n) is 6.68. The number of carbonyl (C=O) groups excluding carboxylic acids is 1. The second kappa shape index (κ2) is 6.93. The second-order valence-corrected chi connectivity index (χ2v) is 8.66. The van der Waals surface area contributed by atoms with Crippen molar-refractivity contribution in [1.29, 1.82) is 0 Å². The Morgan fingerprint density at radius 2 is 1.70 bits per heavy atom. The number of nitrogens with zero attached hydrogens (tertiary/aromatic N) is 1. The third kappa shape index (κ3) is 3.38. The van der Waals surface area contributed by atoms with Gasteiger partial charge in [-0.2, -0.15) is 0 Å². The maximum atomic E-state index is 13.3. The average Bonchev–Trinajstić information content (AvgIpc) is 3.30. The number of carboxylic acid groups (broad SMARTS) is 1. The minimum Gasteiger partial charge on any atom is -0.481 e. The lowest BCUT2D eigenvalue weighted by atomic mass is 9.83. The first-order valence-electron chi connectivity index (χ1n) is 10.1. The molecule has 0 bridgehead atoms. The highest BCUT2D eigenvalue weighted by Crippen LogP contribution is 2.50. The number of hydrogen-bond donors (Lipinski definition) is 1. The van der Waals surface area contributed by atoms with Crippen LogP contribution in [0.5, 0.6) is 0 Å². The Kier molecular flexibility index (Phi) is 4.75. The molecule has 2 atom stereocenters. The fraction of sp³-hybridized carbons (Fsp3) is 0.636. The predicted molar refractivity (Wildman–Crippen MR) is 102 cm³/mol. The van der Waals surface area contributed by atoms with Gasteiger partial charge in [0.2, 0.25) is 5.91 Å². The van der Waals surface area contributed by atoms with Gasteiger partial charge in [0.25, 0.3) is 0 Å². The number of rotatable bonds is 4. The smallest absolute Gasteiger partial charge is 0.309 e. The van der Waals surface area contributed by atoms with Crippen molar-refractivity contribution in [2.75, 3.05) is 19.7 Å². The number of hydrogen-bond acceptors (Lipinski definition) is 3. The number of aryl methyl sites for hydroxylation is 2. The first kappa shape index (κ1) is 18.5. The fourth-order valence-corrected chi connectivity index (χ4v) is 5.08. The molecule has 1 N–H and O–H groups in total. The standard InChI is InChI=1S/C22H29NO4/c1-14-11-15(2)13-17(12-14)22(6-7-22)21(26)23-8-3-16(4-9-23)19-18(20(24)25)5-10-27-19/h11-13,16,18-19H,3-10H2,1-2H3,(H,24,25)/t18?,19-/m0/s1. The van der Waals surface area contributed by atoms with E-state index in [1.807, 2.05) is 4.90 Å². The maximum Gasteiger partial charge on any atom is 0.309 e. The normalized spacial score (nSPS) is 27.6. The number of carboxylic acids is 1. The van der Waals surface area contributed by atoms with Crippen molar-refractivity contribution in [3.8, 4) is 0 Å². The molecule has 2 aliphatic heterocycles. The van der Waals surface area contributed by atoms with Gasteiger partial charge in [0.15, 0.2) is 0 Å². The summed E-state index contributed by atoms with van der Waals surface area (Å²) in [5.74, 6) is -0.632. The SMILES string of the molecule is Cc1cc(C)cc(C2(C(=O)N3CCC([C@@H]4OCCC4C(=O)O)CC3)CC2)c1. The molecule has 4 rings (SSSR count). The Morgan fingerprint density at radius 1 is 1.07 bits per heavy atom. The Morgan fingerprint density at radius 3 is 2.26 bits per heavy atom. The van der Waals surface area contributed by atoms with E-state index in [0.29, 0.717) is 26.1 Å². The fourth-order valence-electron chi connectivity index (χ4n) is 5.08. The van der Waals surface area contributed by atoms with Gasteiger partial charge in [0.1, 0.15) is 0 Å². The van der Waals surface area contributed by atoms with Gasteiger partial charge in [-0.15, -0.1) is 0 Å². The lowest BCUT2D eigenvalue weighted by Gasteiger charge is -2.37. The lowest BCUT2D eigenvalue weighted by Crippen LogP contribution is -2.46. The van der Waals surface area contributed by atoms with Crippen molar-refractivity contribution in [1.82, 2.24) is 4.90 Å². The summed E-state index contributed by atoms with van der Waals surface area (Å²) in [5, 5.41) is 9.40. The molecule has 146 valence electrons. The van der Waals surface area contributed by atoms with E-state index >= 15 is 0 Å². The van der Waals surface area contributed by atoms with Crippen LogP contribution in [0, 0.1) is 25.7 Å². The Hall–Kier alpha value is -1.88. The largest absolute Gasteiger partial charge is 0.481 e. The van der Waals surface area contributed by atoms with E-state index in [1.165, 1.54) is 11.1 Å². The molecule has 1 aromatic rings. The molecule has 1 unspecified atom stereocenters. The van der Waals surface area contributed by atoms with Crippen LogP contribution in [0.2, 0.25) is 0 Å². The van der Waals surface area contributed by atoms with E-state index in [1.54, 1.807) is 0 Å². The van der Waals surface area contributed by atoms with Crippen molar-refractivity contribution < 1.29 is 19.4 Å². The molecular weight excluding hydrogens is 342 g/mol. The molecule has 5 nitrogen and oxygen atoms in total. The lowest BCUT2D eigenvalue weighted by molar-refractivity contribution is -0.146. The van der Waals surface area contributed by atoms with E-state index < -0.39 is 5.97 Å². The highest BCUT2D eigenvalue weighted by atomic mass is 16.5. The van der Waals surface area contributed by atoms with Crippen LogP contribution in [-0.4, -0.2) is 47.7 Å². The van der Waals surface area contributed by atoms with Crippen molar-refractivity contribution in [3.63, 3.8) is 0 Å². The third-order valence-corrected chi connectivity index (χ3v) is 6.68. The first-order chi connectivity index (χ1) is 12.9. The number of likely N-dealkylation sites (tertiary alicyclic amines) is 1. The minimum absolute atomic E-state index is 0.186. The molecule has 5 heteroatoms. The van der Waals surface area contributed by atoms with Crippen LogP contribution in [0.1, 0.15) is 48.8 Å². The van der Waals surface area contributed by atoms with Crippen LogP contribution in [0.25, 0.3) is 0 Å². The number of ether oxygens (including phenoxy) is 1. The van der Waals surface area contributed by atoms with Crippen LogP contribution in [0.4, 0.5) is 0 Å². The summed E-state index contributed by atoms with van der Waals surface area (Å²) in [6, 6.07) is 6.47. The van der Waals surface area contributed by atoms with Gasteiger partial charge in [-0.3, -0.25) is 9.59 Å². The number of benzene rings is 1. The van der Waals surface area contributed by atoms with Crippen molar-refractivity contribution in [2.45, 2.75) is 57.5 Å². The van der Waals surface area contributed by atoms with E-state index in [0.717, 1.165) is 31.2 Å². The zero-order valence-corrected chi connectivity index (χ0v) is 16.2. The van der Waals surface area contributed by atoms with Crippen LogP contribution >= 0.6 is 0 Å². The van der Waals surface area contributed by atoms with Crippen LogP contribution in [0.3, 0.4) is 0 Å². The highest BCUT2D eigenvalue weighted by molar-refractivity contribution is 5.91.